The molecule has 5 nitrogen and oxygen atoms in total. The molecule has 0 radical (unpaired) electrons. The van der Waals surface area contributed by atoms with Crippen molar-refractivity contribution in [3.05, 3.63) is 41.4 Å². The number of hydrogen-bond acceptors (Lipinski definition) is 4. The summed E-state index contributed by atoms with van der Waals surface area (Å²) in [5.41, 5.74) is 1.94. The van der Waals surface area contributed by atoms with E-state index in [4.69, 9.17) is 0 Å². The van der Waals surface area contributed by atoms with Crippen LogP contribution in [0.4, 0.5) is 10.8 Å². The van der Waals surface area contributed by atoms with Crippen LogP contribution in [0.25, 0.3) is 0 Å². The fourth-order valence-electron chi connectivity index (χ4n) is 2.30. The summed E-state index contributed by atoms with van der Waals surface area (Å²) in [6.45, 7) is 0.571. The monoisotopic (exact) mass is 287 g/mol. The van der Waals surface area contributed by atoms with E-state index in [1.165, 1.54) is 11.3 Å². The third-order valence-corrected chi connectivity index (χ3v) is 3.89. The third-order valence-electron chi connectivity index (χ3n) is 3.20. The summed E-state index contributed by atoms with van der Waals surface area (Å²) in [7, 11) is 0. The Hall–Kier alpha value is -2.21. The van der Waals surface area contributed by atoms with Crippen LogP contribution >= 0.6 is 11.3 Å². The van der Waals surface area contributed by atoms with Crippen LogP contribution in [0.1, 0.15) is 12.0 Å². The average molecular weight is 287 g/mol. The summed E-state index contributed by atoms with van der Waals surface area (Å²) >= 11 is 1.29. The first-order valence-electron chi connectivity index (χ1n) is 6.36. The van der Waals surface area contributed by atoms with E-state index in [1.807, 2.05) is 24.3 Å². The Morgan fingerprint density at radius 1 is 1.30 bits per heavy atom. The number of carbonyl (C=O) groups is 2. The molecule has 1 aliphatic rings. The number of anilines is 2. The standard InChI is InChI=1S/C14H13N3O2S/c18-12(16-14-15-7-9-20-14)13(19)17-8-3-5-10-4-1-2-6-11(10)17/h1-2,4,6-7,9H,3,5,8H2,(H,15,16,18). The summed E-state index contributed by atoms with van der Waals surface area (Å²) < 4.78 is 0. The molecule has 0 aliphatic carbocycles. The molecule has 2 heterocycles. The quantitative estimate of drug-likeness (QED) is 0.817. The molecule has 0 spiro atoms. The Labute approximate surface area is 120 Å². The van der Waals surface area contributed by atoms with E-state index in [0.717, 1.165) is 24.1 Å². The Kier molecular flexibility index (Phi) is 3.47. The molecule has 2 amide bonds. The molecule has 6 heteroatoms. The van der Waals surface area contributed by atoms with Crippen molar-refractivity contribution >= 4 is 34.0 Å². The molecule has 0 saturated heterocycles. The van der Waals surface area contributed by atoms with Crippen LogP contribution in [0.3, 0.4) is 0 Å². The van der Waals surface area contributed by atoms with Crippen LogP contribution < -0.4 is 10.2 Å². The van der Waals surface area contributed by atoms with Gasteiger partial charge in [-0.05, 0) is 24.5 Å². The molecule has 1 aliphatic heterocycles. The second kappa shape index (κ2) is 5.42. The molecule has 20 heavy (non-hydrogen) atoms. The molecule has 1 N–H and O–H groups in total. The molecule has 3 rings (SSSR count). The number of amides is 2. The predicted octanol–water partition coefficient (Wildman–Crippen LogP) is 2.06. The lowest BCUT2D eigenvalue weighted by atomic mass is 10.0. The number of aromatic nitrogens is 1. The first-order valence-corrected chi connectivity index (χ1v) is 7.24. The maximum Gasteiger partial charge on any atom is 0.316 e. The maximum atomic E-state index is 12.3. The second-order valence-corrected chi connectivity index (χ2v) is 5.38. The topological polar surface area (TPSA) is 62.3 Å². The number of para-hydroxylation sites is 1. The molecular weight excluding hydrogens is 274 g/mol. The van der Waals surface area contributed by atoms with Gasteiger partial charge in [0.05, 0.1) is 0 Å². The molecule has 2 aromatic rings. The van der Waals surface area contributed by atoms with Gasteiger partial charge in [0.2, 0.25) is 0 Å². The lowest BCUT2D eigenvalue weighted by molar-refractivity contribution is -0.134. The van der Waals surface area contributed by atoms with Crippen molar-refractivity contribution in [2.45, 2.75) is 12.8 Å². The molecule has 1 aromatic carbocycles. The average Bonchev–Trinajstić information content (AvgIpc) is 2.99. The molecule has 1 aromatic heterocycles. The summed E-state index contributed by atoms with van der Waals surface area (Å²) in [5, 5.41) is 4.71. The van der Waals surface area contributed by atoms with Crippen LogP contribution in [0.15, 0.2) is 35.8 Å². The van der Waals surface area contributed by atoms with Crippen LogP contribution in [0, 0.1) is 0 Å². The van der Waals surface area contributed by atoms with Crippen LogP contribution in [0.2, 0.25) is 0 Å². The Morgan fingerprint density at radius 3 is 2.95 bits per heavy atom. The highest BCUT2D eigenvalue weighted by Gasteiger charge is 2.27. The van der Waals surface area contributed by atoms with Crippen molar-refractivity contribution in [3.8, 4) is 0 Å². The highest BCUT2D eigenvalue weighted by atomic mass is 32.1. The minimum Gasteiger partial charge on any atom is -0.304 e. The van der Waals surface area contributed by atoms with Crippen molar-refractivity contribution in [1.82, 2.24) is 4.98 Å². The zero-order valence-corrected chi connectivity index (χ0v) is 11.5. The Balaban J connectivity index is 1.79. The summed E-state index contributed by atoms with van der Waals surface area (Å²) in [6.07, 6.45) is 3.39. The zero-order chi connectivity index (χ0) is 13.9. The van der Waals surface area contributed by atoms with Gasteiger partial charge in [0, 0.05) is 23.8 Å². The van der Waals surface area contributed by atoms with Gasteiger partial charge in [0.25, 0.3) is 0 Å². The number of carbonyl (C=O) groups excluding carboxylic acids is 2. The number of nitrogens with zero attached hydrogens (tertiary/aromatic N) is 2. The lowest BCUT2D eigenvalue weighted by Crippen LogP contribution is -2.42. The van der Waals surface area contributed by atoms with Crippen molar-refractivity contribution in [2.75, 3.05) is 16.8 Å². The SMILES string of the molecule is O=C(Nc1nccs1)C(=O)N1CCCc2ccccc21. The molecule has 0 saturated carbocycles. The van der Waals surface area contributed by atoms with Crippen molar-refractivity contribution in [1.29, 1.82) is 0 Å². The Morgan fingerprint density at radius 2 is 2.15 bits per heavy atom. The minimum absolute atomic E-state index is 0.439. The van der Waals surface area contributed by atoms with Crippen LogP contribution in [-0.4, -0.2) is 23.3 Å². The number of fused-ring (bicyclic) bond motifs is 1. The molecule has 0 fully saturated rings. The van der Waals surface area contributed by atoms with Gasteiger partial charge >= 0.3 is 11.8 Å². The van der Waals surface area contributed by atoms with E-state index in [9.17, 15) is 9.59 Å². The van der Waals surface area contributed by atoms with Gasteiger partial charge in [-0.3, -0.25) is 14.9 Å². The van der Waals surface area contributed by atoms with E-state index in [1.54, 1.807) is 16.5 Å². The van der Waals surface area contributed by atoms with E-state index in [0.29, 0.717) is 11.7 Å². The molecule has 102 valence electrons. The third kappa shape index (κ3) is 2.42. The number of benzene rings is 1. The molecule has 0 bridgehead atoms. The number of hydrogen-bond donors (Lipinski definition) is 1. The first-order chi connectivity index (χ1) is 9.75. The van der Waals surface area contributed by atoms with Gasteiger partial charge in [-0.25, -0.2) is 4.98 Å². The van der Waals surface area contributed by atoms with Gasteiger partial charge in [0.15, 0.2) is 5.13 Å². The van der Waals surface area contributed by atoms with Gasteiger partial charge < -0.3 is 4.90 Å². The van der Waals surface area contributed by atoms with Crippen molar-refractivity contribution in [2.24, 2.45) is 0 Å². The summed E-state index contributed by atoms with van der Waals surface area (Å²) in [5.74, 6) is -1.18. The van der Waals surface area contributed by atoms with Gasteiger partial charge in [-0.1, -0.05) is 18.2 Å². The fourth-order valence-corrected chi connectivity index (χ4v) is 2.83. The van der Waals surface area contributed by atoms with Crippen molar-refractivity contribution in [3.63, 3.8) is 0 Å². The van der Waals surface area contributed by atoms with E-state index in [2.05, 4.69) is 10.3 Å². The van der Waals surface area contributed by atoms with E-state index < -0.39 is 11.8 Å². The van der Waals surface area contributed by atoms with E-state index in [-0.39, 0.29) is 0 Å². The molecule has 0 unspecified atom stereocenters. The zero-order valence-electron chi connectivity index (χ0n) is 10.7. The number of aryl methyl sites for hydroxylation is 1. The Bertz CT molecular complexity index is 640. The second-order valence-electron chi connectivity index (χ2n) is 4.48. The molecule has 0 atom stereocenters. The van der Waals surface area contributed by atoms with E-state index >= 15 is 0 Å². The van der Waals surface area contributed by atoms with Gasteiger partial charge in [-0.2, -0.15) is 0 Å². The van der Waals surface area contributed by atoms with Crippen molar-refractivity contribution < 1.29 is 9.59 Å². The fraction of sp³-hybridized carbons (Fsp3) is 0.214. The highest BCUT2D eigenvalue weighted by molar-refractivity contribution is 7.13. The first kappa shape index (κ1) is 12.8. The maximum absolute atomic E-state index is 12.3. The smallest absolute Gasteiger partial charge is 0.304 e. The van der Waals surface area contributed by atoms with Gasteiger partial charge in [0.1, 0.15) is 0 Å². The highest BCUT2D eigenvalue weighted by Crippen LogP contribution is 2.26. The summed E-state index contributed by atoms with van der Waals surface area (Å²) in [6, 6.07) is 7.70. The normalized spacial score (nSPS) is 13.7. The van der Waals surface area contributed by atoms with Crippen LogP contribution in [-0.2, 0) is 16.0 Å². The van der Waals surface area contributed by atoms with Crippen LogP contribution in [0.5, 0.6) is 0 Å². The van der Waals surface area contributed by atoms with Gasteiger partial charge in [-0.15, -0.1) is 11.3 Å². The number of thiazole rings is 1. The minimum atomic E-state index is -0.642. The predicted molar refractivity (Wildman–Crippen MR) is 77.9 cm³/mol. The number of nitrogens with one attached hydrogen (secondary N) is 1. The largest absolute Gasteiger partial charge is 0.316 e. The molecular formula is C14H13N3O2S. The summed E-state index contributed by atoms with van der Waals surface area (Å²) in [4.78, 5) is 29.7. The lowest BCUT2D eigenvalue weighted by Gasteiger charge is -2.28. The number of rotatable bonds is 1.